The van der Waals surface area contributed by atoms with E-state index in [4.69, 9.17) is 9.47 Å². The van der Waals surface area contributed by atoms with Crippen LogP contribution in [0.5, 0.6) is 5.75 Å². The zero-order chi connectivity index (χ0) is 24.2. The second-order valence-electron chi connectivity index (χ2n) is 8.68. The molecule has 1 aliphatic carbocycles. The first-order chi connectivity index (χ1) is 17.2. The molecule has 1 aromatic heterocycles. The predicted octanol–water partition coefficient (Wildman–Crippen LogP) is 5.43. The number of hydrogen-bond donors (Lipinski definition) is 1. The van der Waals surface area contributed by atoms with E-state index in [-0.39, 0.29) is 11.8 Å². The number of hydrogen-bond acceptors (Lipinski definition) is 7. The summed E-state index contributed by atoms with van der Waals surface area (Å²) in [5.41, 5.74) is 4.96. The van der Waals surface area contributed by atoms with Gasteiger partial charge in [-0.3, -0.25) is 4.79 Å². The Morgan fingerprint density at radius 3 is 2.57 bits per heavy atom. The van der Waals surface area contributed by atoms with Crippen LogP contribution in [0.1, 0.15) is 44.3 Å². The fraction of sp³-hybridized carbons (Fsp3) is 0.333. The Morgan fingerprint density at radius 1 is 1.14 bits per heavy atom. The van der Waals surface area contributed by atoms with Crippen LogP contribution in [0.25, 0.3) is 0 Å². The molecule has 1 amide bonds. The maximum Gasteiger partial charge on any atom is 0.264 e. The molecule has 5 rings (SSSR count). The molecule has 3 aromatic rings. The van der Waals surface area contributed by atoms with Crippen molar-refractivity contribution in [2.24, 2.45) is 5.16 Å². The molecule has 1 saturated heterocycles. The normalized spacial score (nSPS) is 18.9. The molecule has 2 aromatic carbocycles. The van der Waals surface area contributed by atoms with E-state index < -0.39 is 0 Å². The Morgan fingerprint density at radius 2 is 1.89 bits per heavy atom. The smallest absolute Gasteiger partial charge is 0.264 e. The van der Waals surface area contributed by atoms with E-state index in [0.717, 1.165) is 43.7 Å². The Bertz CT molecular complexity index is 1200. The SMILES string of the molecule is COc1ccc(C2C/C(=N\O)c3c(SCc4ccccc4)sc(C(=O)N4CCOCC4)c3C2)cc1. The van der Waals surface area contributed by atoms with Crippen LogP contribution in [0.15, 0.2) is 64.0 Å². The number of benzene rings is 2. The summed E-state index contributed by atoms with van der Waals surface area (Å²) in [4.78, 5) is 16.3. The van der Waals surface area contributed by atoms with Crippen molar-refractivity contribution in [2.45, 2.75) is 28.7 Å². The summed E-state index contributed by atoms with van der Waals surface area (Å²) in [6, 6.07) is 18.3. The van der Waals surface area contributed by atoms with Crippen LogP contribution in [0.3, 0.4) is 0 Å². The summed E-state index contributed by atoms with van der Waals surface area (Å²) >= 11 is 3.25. The quantitative estimate of drug-likeness (QED) is 0.273. The number of oxime groups is 1. The average Bonchev–Trinajstić information content (AvgIpc) is 3.30. The zero-order valence-electron chi connectivity index (χ0n) is 19.6. The number of methoxy groups -OCH3 is 1. The molecule has 0 spiro atoms. The third-order valence-corrected chi connectivity index (χ3v) is 9.13. The van der Waals surface area contributed by atoms with E-state index in [9.17, 15) is 10.0 Å². The molecule has 182 valence electrons. The van der Waals surface area contributed by atoms with Gasteiger partial charge in [-0.15, -0.1) is 23.1 Å². The van der Waals surface area contributed by atoms with Crippen LogP contribution in [0, 0.1) is 0 Å². The van der Waals surface area contributed by atoms with Crippen LogP contribution in [0.2, 0.25) is 0 Å². The maximum absolute atomic E-state index is 13.6. The molecule has 1 aliphatic heterocycles. The molecule has 1 unspecified atom stereocenters. The molecule has 0 saturated carbocycles. The van der Waals surface area contributed by atoms with Crippen molar-refractivity contribution in [3.63, 3.8) is 0 Å². The molecule has 1 N–H and O–H groups in total. The molecule has 0 radical (unpaired) electrons. The van der Waals surface area contributed by atoms with Gasteiger partial charge in [-0.05, 0) is 41.2 Å². The summed E-state index contributed by atoms with van der Waals surface area (Å²) in [5, 5.41) is 13.8. The van der Waals surface area contributed by atoms with Crippen LogP contribution in [-0.4, -0.2) is 55.1 Å². The number of thioether (sulfide) groups is 1. The van der Waals surface area contributed by atoms with Gasteiger partial charge in [-0.25, -0.2) is 0 Å². The van der Waals surface area contributed by atoms with E-state index in [1.54, 1.807) is 18.9 Å². The highest BCUT2D eigenvalue weighted by Gasteiger charge is 2.35. The number of carbonyl (C=O) groups is 1. The van der Waals surface area contributed by atoms with E-state index in [2.05, 4.69) is 29.4 Å². The van der Waals surface area contributed by atoms with Crippen molar-refractivity contribution in [1.29, 1.82) is 0 Å². The molecule has 1 atom stereocenters. The van der Waals surface area contributed by atoms with Crippen molar-refractivity contribution < 1.29 is 19.5 Å². The number of morpholine rings is 1. The number of amides is 1. The Labute approximate surface area is 213 Å². The highest BCUT2D eigenvalue weighted by molar-refractivity contribution is 8.00. The van der Waals surface area contributed by atoms with Gasteiger partial charge in [0.2, 0.25) is 0 Å². The third kappa shape index (κ3) is 5.10. The fourth-order valence-electron chi connectivity index (χ4n) is 4.69. The van der Waals surface area contributed by atoms with Crippen LogP contribution in [0.4, 0.5) is 0 Å². The first-order valence-corrected chi connectivity index (χ1v) is 13.5. The minimum Gasteiger partial charge on any atom is -0.497 e. The van der Waals surface area contributed by atoms with Gasteiger partial charge in [-0.1, -0.05) is 47.6 Å². The number of thiophene rings is 1. The average molecular weight is 509 g/mol. The van der Waals surface area contributed by atoms with E-state index in [1.165, 1.54) is 16.9 Å². The first kappa shape index (κ1) is 23.9. The lowest BCUT2D eigenvalue weighted by atomic mass is 9.79. The number of ether oxygens (including phenoxy) is 2. The van der Waals surface area contributed by atoms with Crippen LogP contribution < -0.4 is 4.74 Å². The largest absolute Gasteiger partial charge is 0.497 e. The van der Waals surface area contributed by atoms with Crippen molar-refractivity contribution in [2.75, 3.05) is 33.4 Å². The minimum atomic E-state index is 0.0498. The van der Waals surface area contributed by atoms with Gasteiger partial charge in [-0.2, -0.15) is 0 Å². The molecule has 2 aliphatic rings. The number of nitrogens with zero attached hydrogens (tertiary/aromatic N) is 2. The van der Waals surface area contributed by atoms with E-state index >= 15 is 0 Å². The van der Waals surface area contributed by atoms with Gasteiger partial charge < -0.3 is 19.6 Å². The third-order valence-electron chi connectivity index (χ3n) is 6.57. The van der Waals surface area contributed by atoms with Crippen molar-refractivity contribution >= 4 is 34.7 Å². The monoisotopic (exact) mass is 508 g/mol. The Balaban J connectivity index is 1.51. The van der Waals surface area contributed by atoms with Crippen molar-refractivity contribution in [3.8, 4) is 5.75 Å². The molecule has 1 fully saturated rings. The molecule has 6 nitrogen and oxygen atoms in total. The van der Waals surface area contributed by atoms with Crippen molar-refractivity contribution in [1.82, 2.24) is 4.90 Å². The summed E-state index contributed by atoms with van der Waals surface area (Å²) in [5.74, 6) is 1.77. The van der Waals surface area contributed by atoms with Crippen LogP contribution >= 0.6 is 23.1 Å². The lowest BCUT2D eigenvalue weighted by Crippen LogP contribution is -2.40. The van der Waals surface area contributed by atoms with Crippen molar-refractivity contribution in [3.05, 3.63) is 81.7 Å². The second-order valence-corrected chi connectivity index (χ2v) is 10.9. The molecule has 35 heavy (non-hydrogen) atoms. The predicted molar refractivity (Wildman–Crippen MR) is 139 cm³/mol. The maximum atomic E-state index is 13.6. The summed E-state index contributed by atoms with van der Waals surface area (Å²) in [6.07, 6.45) is 1.35. The standard InChI is InChI=1S/C27H28N2O4S2/c1-32-21-9-7-19(8-10-21)20-15-22-24(23(16-20)28-31)27(34-17-18-5-3-2-4-6-18)35-25(22)26(30)29-11-13-33-14-12-29/h2-10,20,31H,11-17H2,1H3/b28-23+. The van der Waals surface area contributed by atoms with Gasteiger partial charge in [0.05, 0.1) is 35.1 Å². The first-order valence-electron chi connectivity index (χ1n) is 11.7. The number of carbonyl (C=O) groups excluding carboxylic acids is 1. The Hall–Kier alpha value is -2.81. The molecule has 0 bridgehead atoms. The second kappa shape index (κ2) is 10.8. The molecular weight excluding hydrogens is 480 g/mol. The zero-order valence-corrected chi connectivity index (χ0v) is 21.2. The molecule has 8 heteroatoms. The van der Waals surface area contributed by atoms with Gasteiger partial charge in [0.15, 0.2) is 0 Å². The van der Waals surface area contributed by atoms with Gasteiger partial charge in [0.25, 0.3) is 5.91 Å². The van der Waals surface area contributed by atoms with Gasteiger partial charge in [0.1, 0.15) is 5.75 Å². The highest BCUT2D eigenvalue weighted by atomic mass is 32.2. The highest BCUT2D eigenvalue weighted by Crippen LogP contribution is 2.45. The van der Waals surface area contributed by atoms with E-state index in [0.29, 0.717) is 38.4 Å². The molecular formula is C27H28N2O4S2. The lowest BCUT2D eigenvalue weighted by molar-refractivity contribution is 0.0305. The topological polar surface area (TPSA) is 71.4 Å². The minimum absolute atomic E-state index is 0.0498. The van der Waals surface area contributed by atoms with E-state index in [1.807, 2.05) is 35.2 Å². The summed E-state index contributed by atoms with van der Waals surface area (Å²) in [6.45, 7) is 2.32. The van der Waals surface area contributed by atoms with Crippen LogP contribution in [-0.2, 0) is 16.9 Å². The number of rotatable bonds is 6. The number of fused-ring (bicyclic) bond motifs is 1. The fourth-order valence-corrected chi connectivity index (χ4v) is 7.28. The Kier molecular flexibility index (Phi) is 7.41. The summed E-state index contributed by atoms with van der Waals surface area (Å²) in [7, 11) is 1.65. The lowest BCUT2D eigenvalue weighted by Gasteiger charge is -2.28. The van der Waals surface area contributed by atoms with Gasteiger partial charge >= 0.3 is 0 Å². The summed E-state index contributed by atoms with van der Waals surface area (Å²) < 4.78 is 11.8. The molecule has 2 heterocycles. The van der Waals surface area contributed by atoms with Gasteiger partial charge in [0, 0.05) is 30.8 Å².